The summed E-state index contributed by atoms with van der Waals surface area (Å²) in [4.78, 5) is 43.2. The first-order valence-electron chi connectivity index (χ1n) is 14.0. The zero-order valence-electron chi connectivity index (χ0n) is 22.2. The van der Waals surface area contributed by atoms with Gasteiger partial charge in [0.1, 0.15) is 17.4 Å². The van der Waals surface area contributed by atoms with Crippen molar-refractivity contribution in [2.24, 2.45) is 11.8 Å². The number of likely N-dealkylation sites (tertiary alicyclic amines) is 1. The third-order valence-corrected chi connectivity index (χ3v) is 8.72. The molecule has 1 spiro atoms. The monoisotopic (exact) mass is 529 g/mol. The number of fused-ring (bicyclic) bond motifs is 1. The number of nitrogens with one attached hydrogen (secondary N) is 2. The molecule has 8 heteroatoms. The SMILES string of the molecule is COc1ccc(NC(=O)C2[C@@H]3C=CC4(O3)C(C(=O)NC3CCCCC3)N(CCc3ccccc3)C(=O)[C@H]24)cc1. The molecular weight excluding hydrogens is 494 g/mol. The van der Waals surface area contributed by atoms with Crippen LogP contribution in [-0.4, -0.2) is 60.1 Å². The van der Waals surface area contributed by atoms with Crippen LogP contribution >= 0.6 is 0 Å². The Kier molecular flexibility index (Phi) is 6.89. The van der Waals surface area contributed by atoms with Crippen LogP contribution in [0.5, 0.6) is 5.75 Å². The summed E-state index contributed by atoms with van der Waals surface area (Å²) in [6, 6.07) is 16.3. The van der Waals surface area contributed by atoms with Crippen molar-refractivity contribution in [1.82, 2.24) is 10.2 Å². The zero-order chi connectivity index (χ0) is 27.0. The molecule has 3 fully saturated rings. The normalized spacial score (nSPS) is 29.4. The van der Waals surface area contributed by atoms with Gasteiger partial charge < -0.3 is 25.0 Å². The van der Waals surface area contributed by atoms with E-state index in [9.17, 15) is 14.4 Å². The first-order valence-corrected chi connectivity index (χ1v) is 14.0. The van der Waals surface area contributed by atoms with E-state index in [4.69, 9.17) is 9.47 Å². The van der Waals surface area contributed by atoms with Gasteiger partial charge in [0, 0.05) is 18.3 Å². The number of carbonyl (C=O) groups excluding carboxylic acids is 3. The molecule has 2 N–H and O–H groups in total. The number of ether oxygens (including phenoxy) is 2. The number of nitrogens with zero attached hydrogens (tertiary/aromatic N) is 1. The van der Waals surface area contributed by atoms with Crippen LogP contribution in [0.3, 0.4) is 0 Å². The lowest BCUT2D eigenvalue weighted by Crippen LogP contribution is -2.56. The highest BCUT2D eigenvalue weighted by atomic mass is 16.5. The van der Waals surface area contributed by atoms with Gasteiger partial charge in [-0.3, -0.25) is 14.4 Å². The summed E-state index contributed by atoms with van der Waals surface area (Å²) in [5.74, 6) is -1.47. The molecule has 6 rings (SSSR count). The number of carbonyl (C=O) groups is 3. The Morgan fingerprint density at radius 2 is 1.77 bits per heavy atom. The summed E-state index contributed by atoms with van der Waals surface area (Å²) in [5.41, 5.74) is 0.541. The second-order valence-electron chi connectivity index (χ2n) is 11.0. The van der Waals surface area contributed by atoms with Crippen LogP contribution in [0.25, 0.3) is 0 Å². The van der Waals surface area contributed by atoms with E-state index >= 15 is 0 Å². The lowest BCUT2D eigenvalue weighted by Gasteiger charge is -2.34. The molecule has 2 aromatic rings. The van der Waals surface area contributed by atoms with Gasteiger partial charge in [0.15, 0.2) is 0 Å². The van der Waals surface area contributed by atoms with E-state index in [0.29, 0.717) is 24.4 Å². The van der Waals surface area contributed by atoms with Crippen LogP contribution in [0.2, 0.25) is 0 Å². The van der Waals surface area contributed by atoms with Crippen molar-refractivity contribution >= 4 is 23.4 Å². The third-order valence-electron chi connectivity index (χ3n) is 8.72. The summed E-state index contributed by atoms with van der Waals surface area (Å²) < 4.78 is 11.7. The Bertz CT molecular complexity index is 1260. The van der Waals surface area contributed by atoms with E-state index in [2.05, 4.69) is 10.6 Å². The van der Waals surface area contributed by atoms with E-state index in [1.807, 2.05) is 42.5 Å². The lowest BCUT2D eigenvalue weighted by molar-refractivity contribution is -0.141. The van der Waals surface area contributed by atoms with Crippen LogP contribution in [0.4, 0.5) is 5.69 Å². The summed E-state index contributed by atoms with van der Waals surface area (Å²) >= 11 is 0. The Morgan fingerprint density at radius 3 is 2.49 bits per heavy atom. The summed E-state index contributed by atoms with van der Waals surface area (Å²) in [7, 11) is 1.59. The van der Waals surface area contributed by atoms with Gasteiger partial charge in [0.25, 0.3) is 0 Å². The van der Waals surface area contributed by atoms with Gasteiger partial charge in [-0.2, -0.15) is 0 Å². The third kappa shape index (κ3) is 4.61. The topological polar surface area (TPSA) is 97.0 Å². The minimum atomic E-state index is -1.15. The number of rotatable bonds is 8. The zero-order valence-corrected chi connectivity index (χ0v) is 22.2. The van der Waals surface area contributed by atoms with E-state index in [1.165, 1.54) is 6.42 Å². The maximum Gasteiger partial charge on any atom is 0.246 e. The molecule has 3 aliphatic heterocycles. The number of hydrogen-bond donors (Lipinski definition) is 2. The van der Waals surface area contributed by atoms with Crippen LogP contribution in [0, 0.1) is 11.8 Å². The van der Waals surface area contributed by atoms with Gasteiger partial charge in [0.2, 0.25) is 17.7 Å². The van der Waals surface area contributed by atoms with Gasteiger partial charge in [-0.25, -0.2) is 0 Å². The van der Waals surface area contributed by atoms with E-state index in [-0.39, 0.29) is 23.8 Å². The van der Waals surface area contributed by atoms with Crippen molar-refractivity contribution in [2.45, 2.75) is 62.3 Å². The van der Waals surface area contributed by atoms with Crippen LogP contribution in [-0.2, 0) is 25.5 Å². The molecule has 8 nitrogen and oxygen atoms in total. The molecule has 2 aromatic carbocycles. The fraction of sp³-hybridized carbons (Fsp3) is 0.452. The quantitative estimate of drug-likeness (QED) is 0.511. The Hall–Kier alpha value is -3.65. The highest BCUT2D eigenvalue weighted by Crippen LogP contribution is 2.55. The van der Waals surface area contributed by atoms with Crippen molar-refractivity contribution in [2.75, 3.05) is 19.0 Å². The average molecular weight is 530 g/mol. The highest BCUT2D eigenvalue weighted by molar-refractivity contribution is 6.02. The molecule has 0 aromatic heterocycles. The largest absolute Gasteiger partial charge is 0.497 e. The predicted molar refractivity (Wildman–Crippen MR) is 146 cm³/mol. The van der Waals surface area contributed by atoms with E-state index in [0.717, 1.165) is 31.2 Å². The molecule has 1 saturated carbocycles. The van der Waals surface area contributed by atoms with Crippen LogP contribution < -0.4 is 15.4 Å². The van der Waals surface area contributed by atoms with Crippen LogP contribution in [0.15, 0.2) is 66.7 Å². The van der Waals surface area contributed by atoms with Crippen molar-refractivity contribution in [1.29, 1.82) is 0 Å². The molecule has 204 valence electrons. The fourth-order valence-electron chi connectivity index (χ4n) is 6.83. The standard InChI is InChI=1S/C31H35N3O5/c1-38-23-14-12-22(13-15-23)32-28(35)25-24-16-18-31(39-24)26(25)30(37)34(19-17-20-8-4-2-5-9-20)27(31)29(36)33-21-10-6-3-7-11-21/h2,4-5,8-9,12-16,18,21,24-27H,3,6-7,10-11,17,19H2,1H3,(H,32,35)(H,33,36)/t24-,25?,26-,27?,31?/m0/s1. The van der Waals surface area contributed by atoms with E-state index < -0.39 is 29.6 Å². The first-order chi connectivity index (χ1) is 19.0. The molecular formula is C31H35N3O5. The minimum Gasteiger partial charge on any atom is -0.497 e. The minimum absolute atomic E-state index is 0.101. The first kappa shape index (κ1) is 25.6. The number of hydrogen-bond acceptors (Lipinski definition) is 5. The fourth-order valence-corrected chi connectivity index (χ4v) is 6.83. The summed E-state index contributed by atoms with van der Waals surface area (Å²) in [6.07, 6.45) is 9.02. The second kappa shape index (κ2) is 10.5. The molecule has 5 atom stereocenters. The predicted octanol–water partition coefficient (Wildman–Crippen LogP) is 3.48. The number of anilines is 1. The van der Waals surface area contributed by atoms with Crippen molar-refractivity contribution in [3.8, 4) is 5.75 Å². The summed E-state index contributed by atoms with van der Waals surface area (Å²) in [5, 5.41) is 6.19. The van der Waals surface area contributed by atoms with Gasteiger partial charge in [-0.05, 0) is 49.1 Å². The molecule has 3 heterocycles. The highest BCUT2D eigenvalue weighted by Gasteiger charge is 2.72. The number of amides is 3. The van der Waals surface area contributed by atoms with Crippen molar-refractivity contribution < 1.29 is 23.9 Å². The number of methoxy groups -OCH3 is 1. The molecule has 4 aliphatic rings. The molecule has 39 heavy (non-hydrogen) atoms. The molecule has 2 bridgehead atoms. The van der Waals surface area contributed by atoms with E-state index in [1.54, 1.807) is 36.3 Å². The maximum absolute atomic E-state index is 14.1. The number of benzene rings is 2. The molecule has 1 aliphatic carbocycles. The van der Waals surface area contributed by atoms with Gasteiger partial charge in [-0.15, -0.1) is 0 Å². The Balaban J connectivity index is 1.28. The maximum atomic E-state index is 14.1. The molecule has 0 radical (unpaired) electrons. The van der Waals surface area contributed by atoms with Gasteiger partial charge in [0.05, 0.1) is 25.0 Å². The van der Waals surface area contributed by atoms with Crippen molar-refractivity contribution in [3.05, 3.63) is 72.3 Å². The van der Waals surface area contributed by atoms with Crippen molar-refractivity contribution in [3.63, 3.8) is 0 Å². The summed E-state index contributed by atoms with van der Waals surface area (Å²) in [6.45, 7) is 0.374. The van der Waals surface area contributed by atoms with Crippen LogP contribution in [0.1, 0.15) is 37.7 Å². The van der Waals surface area contributed by atoms with Gasteiger partial charge >= 0.3 is 0 Å². The second-order valence-corrected chi connectivity index (χ2v) is 11.0. The Morgan fingerprint density at radius 1 is 1.03 bits per heavy atom. The molecule has 2 saturated heterocycles. The average Bonchev–Trinajstić information content (AvgIpc) is 3.60. The molecule has 3 amide bonds. The smallest absolute Gasteiger partial charge is 0.246 e. The van der Waals surface area contributed by atoms with Gasteiger partial charge in [-0.1, -0.05) is 61.7 Å². The lowest BCUT2D eigenvalue weighted by atomic mass is 9.74. The molecule has 3 unspecified atom stereocenters. The Labute approximate surface area is 228 Å².